The summed E-state index contributed by atoms with van der Waals surface area (Å²) in [6, 6.07) is 23.6. The molecule has 11 nitrogen and oxygen atoms in total. The number of aromatic nitrogens is 4. The third-order valence-corrected chi connectivity index (χ3v) is 9.85. The van der Waals surface area contributed by atoms with Crippen molar-refractivity contribution >= 4 is 101 Å². The normalized spacial score (nSPS) is 13.5. The maximum Gasteiger partial charge on any atom is 0.271 e. The molecule has 230 valence electrons. The summed E-state index contributed by atoms with van der Waals surface area (Å²) in [5, 5.41) is 34.3. The second-order valence-electron chi connectivity index (χ2n) is 9.93. The molecule has 6 aromatic rings. The summed E-state index contributed by atoms with van der Waals surface area (Å²) in [5.74, 6) is 0. The van der Waals surface area contributed by atoms with Crippen molar-refractivity contribution in [2.45, 2.75) is 28.8 Å². The van der Waals surface area contributed by atoms with Gasteiger partial charge in [-0.2, -0.15) is 10.2 Å². The van der Waals surface area contributed by atoms with E-state index in [2.05, 4.69) is 53.6 Å². The molecule has 0 radical (unpaired) electrons. The van der Waals surface area contributed by atoms with Gasteiger partial charge in [0.1, 0.15) is 9.22 Å². The number of aromatic amines is 2. The van der Waals surface area contributed by atoms with Crippen LogP contribution in [0.3, 0.4) is 0 Å². The Hall–Kier alpha value is -3.50. The van der Waals surface area contributed by atoms with Crippen molar-refractivity contribution in [2.75, 3.05) is 18.4 Å². The number of hydrogen-bond donors (Lipinski definition) is 4. The zero-order valence-corrected chi connectivity index (χ0v) is 27.6. The van der Waals surface area contributed by atoms with E-state index < -0.39 is 14.8 Å². The van der Waals surface area contributed by atoms with Crippen LogP contribution in [-0.2, 0) is 9.84 Å². The van der Waals surface area contributed by atoms with E-state index in [0.29, 0.717) is 27.8 Å². The maximum atomic E-state index is 13.4. The second kappa shape index (κ2) is 14.1. The van der Waals surface area contributed by atoms with E-state index in [1.54, 1.807) is 18.2 Å². The quantitative estimate of drug-likeness (QED) is 0.0865. The Morgan fingerprint density at radius 2 is 1.52 bits per heavy atom. The van der Waals surface area contributed by atoms with Crippen molar-refractivity contribution in [2.24, 2.45) is 0 Å². The molecule has 1 aliphatic rings. The predicted octanol–water partition coefficient (Wildman–Crippen LogP) is 6.63. The van der Waals surface area contributed by atoms with Crippen molar-refractivity contribution < 1.29 is 13.3 Å². The van der Waals surface area contributed by atoms with Gasteiger partial charge in [0.2, 0.25) is 9.84 Å². The lowest BCUT2D eigenvalue weighted by atomic mass is 10.1. The van der Waals surface area contributed by atoms with Crippen LogP contribution < -0.4 is 10.6 Å². The van der Waals surface area contributed by atoms with Gasteiger partial charge in [0.25, 0.3) is 5.69 Å². The van der Waals surface area contributed by atoms with E-state index in [-0.39, 0.29) is 40.4 Å². The number of piperidine rings is 1. The summed E-state index contributed by atoms with van der Waals surface area (Å²) in [6.45, 7) is 2.02. The summed E-state index contributed by atoms with van der Waals surface area (Å²) in [6.07, 6.45) is 2.14. The van der Waals surface area contributed by atoms with Gasteiger partial charge in [-0.05, 0) is 84.2 Å². The van der Waals surface area contributed by atoms with E-state index in [4.69, 9.17) is 0 Å². The number of nitro groups is 1. The highest BCUT2D eigenvalue weighted by Gasteiger charge is 2.25. The van der Waals surface area contributed by atoms with Crippen LogP contribution >= 0.6 is 47.4 Å². The zero-order chi connectivity index (χ0) is 29.3. The molecule has 0 aliphatic carbocycles. The number of benzene rings is 4. The minimum atomic E-state index is -3.74. The molecule has 0 bridgehead atoms. The molecule has 4 aromatic carbocycles. The van der Waals surface area contributed by atoms with Crippen molar-refractivity contribution in [3.8, 4) is 0 Å². The Bertz CT molecular complexity index is 2040. The van der Waals surface area contributed by atoms with Gasteiger partial charge in [-0.15, -0.1) is 24.8 Å². The Balaban J connectivity index is 0.000000249. The molecule has 4 N–H and O–H groups in total. The maximum absolute atomic E-state index is 13.4. The highest BCUT2D eigenvalue weighted by molar-refractivity contribution is 14.1. The number of rotatable bonds is 5. The Morgan fingerprint density at radius 1 is 0.841 bits per heavy atom. The minimum absolute atomic E-state index is 0. The molecule has 0 amide bonds. The van der Waals surface area contributed by atoms with Crippen LogP contribution in [0.5, 0.6) is 0 Å². The monoisotopic (exact) mass is 767 g/mol. The Kier molecular flexibility index (Phi) is 10.7. The van der Waals surface area contributed by atoms with E-state index in [0.717, 1.165) is 46.1 Å². The predicted molar refractivity (Wildman–Crippen MR) is 185 cm³/mol. The van der Waals surface area contributed by atoms with E-state index in [1.807, 2.05) is 48.5 Å². The Labute approximate surface area is 278 Å². The average molecular weight is 768 g/mol. The molecule has 44 heavy (non-hydrogen) atoms. The summed E-state index contributed by atoms with van der Waals surface area (Å²) in [7, 11) is -3.74. The highest BCUT2D eigenvalue weighted by Crippen LogP contribution is 2.32. The molecular formula is C29H28Cl2IN7O4S. The molecular weight excluding hydrogens is 740 g/mol. The van der Waals surface area contributed by atoms with Crippen LogP contribution in [0.25, 0.3) is 32.6 Å². The largest absolute Gasteiger partial charge is 0.382 e. The number of nitrogens with one attached hydrogen (secondary N) is 4. The third kappa shape index (κ3) is 6.76. The van der Waals surface area contributed by atoms with Crippen molar-refractivity contribution in [1.82, 2.24) is 25.7 Å². The summed E-state index contributed by atoms with van der Waals surface area (Å²) >= 11 is 2.09. The third-order valence-electron chi connectivity index (χ3n) is 7.24. The standard InChI is InChI=1S/C22H22N4O2S.C7H4IN3O2.2ClH/c27-29(28,21-7-3-5-15-4-1-2-6-18(15)21)22-19-9-8-17(14-20(19)25-26-22)24-16-10-12-23-13-11-16;8-7-5-2-1-4(11(12)13)3-6(5)9-10-7;;/h1-9,14,16,23-24H,10-13H2,(H,25,26);1-3H,(H,9,10);2*1H. The molecule has 1 saturated heterocycles. The molecule has 1 fully saturated rings. The van der Waals surface area contributed by atoms with Gasteiger partial charge in [0.15, 0.2) is 5.03 Å². The first-order valence-electron chi connectivity index (χ1n) is 13.3. The number of non-ortho nitro benzene ring substituents is 1. The fourth-order valence-corrected chi connectivity index (χ4v) is 7.26. The minimum Gasteiger partial charge on any atom is -0.382 e. The van der Waals surface area contributed by atoms with Crippen LogP contribution in [0.2, 0.25) is 0 Å². The first-order valence-corrected chi connectivity index (χ1v) is 15.8. The molecule has 15 heteroatoms. The van der Waals surface area contributed by atoms with Crippen molar-refractivity contribution in [3.63, 3.8) is 0 Å². The second-order valence-corrected chi connectivity index (χ2v) is 12.9. The number of fused-ring (bicyclic) bond motifs is 3. The fraction of sp³-hybridized carbons (Fsp3) is 0.172. The van der Waals surface area contributed by atoms with Crippen LogP contribution in [0.4, 0.5) is 11.4 Å². The lowest BCUT2D eigenvalue weighted by Gasteiger charge is -2.24. The zero-order valence-electron chi connectivity index (χ0n) is 23.0. The van der Waals surface area contributed by atoms with Crippen LogP contribution in [0, 0.1) is 13.8 Å². The van der Waals surface area contributed by atoms with E-state index in [9.17, 15) is 18.5 Å². The van der Waals surface area contributed by atoms with Gasteiger partial charge >= 0.3 is 0 Å². The molecule has 0 saturated carbocycles. The smallest absolute Gasteiger partial charge is 0.271 e. The van der Waals surface area contributed by atoms with Crippen molar-refractivity contribution in [3.05, 3.63) is 92.7 Å². The van der Waals surface area contributed by atoms with Crippen LogP contribution in [0.15, 0.2) is 88.8 Å². The van der Waals surface area contributed by atoms with Crippen LogP contribution in [-0.4, -0.2) is 52.9 Å². The molecule has 1 aliphatic heterocycles. The average Bonchev–Trinajstić information content (AvgIpc) is 3.61. The van der Waals surface area contributed by atoms with Gasteiger partial charge in [0, 0.05) is 40.0 Å². The van der Waals surface area contributed by atoms with Crippen molar-refractivity contribution in [1.29, 1.82) is 0 Å². The molecule has 7 rings (SSSR count). The number of hydrogen-bond acceptors (Lipinski definition) is 8. The van der Waals surface area contributed by atoms with Crippen LogP contribution in [0.1, 0.15) is 12.8 Å². The lowest BCUT2D eigenvalue weighted by Crippen LogP contribution is -2.35. The molecule has 2 aromatic heterocycles. The van der Waals surface area contributed by atoms with E-state index >= 15 is 0 Å². The molecule has 0 atom stereocenters. The van der Waals surface area contributed by atoms with Gasteiger partial charge < -0.3 is 10.6 Å². The number of halogens is 3. The fourth-order valence-electron chi connectivity index (χ4n) is 5.11. The van der Waals surface area contributed by atoms with E-state index in [1.165, 1.54) is 12.1 Å². The van der Waals surface area contributed by atoms with Gasteiger partial charge in [0.05, 0.1) is 15.3 Å². The number of nitrogens with zero attached hydrogens (tertiary/aromatic N) is 3. The lowest BCUT2D eigenvalue weighted by molar-refractivity contribution is -0.384. The number of sulfone groups is 1. The summed E-state index contributed by atoms with van der Waals surface area (Å²) < 4.78 is 27.8. The number of nitro benzene ring substituents is 1. The summed E-state index contributed by atoms with van der Waals surface area (Å²) in [5.41, 5.74) is 2.29. The first kappa shape index (κ1) is 33.4. The van der Waals surface area contributed by atoms with Gasteiger partial charge in [-0.1, -0.05) is 36.4 Å². The molecule has 0 unspecified atom stereocenters. The highest BCUT2D eigenvalue weighted by atomic mass is 127. The molecule has 0 spiro atoms. The Morgan fingerprint density at radius 3 is 2.30 bits per heavy atom. The van der Waals surface area contributed by atoms with Gasteiger partial charge in [-0.3, -0.25) is 20.3 Å². The number of H-pyrrole nitrogens is 2. The topological polar surface area (TPSA) is 159 Å². The number of anilines is 1. The summed E-state index contributed by atoms with van der Waals surface area (Å²) in [4.78, 5) is 10.3. The first-order chi connectivity index (χ1) is 20.3. The van der Waals surface area contributed by atoms with Gasteiger partial charge in [-0.25, -0.2) is 8.42 Å². The SMILES string of the molecule is Cl.Cl.O=S(=O)(c1cccc2ccccc12)c1[nH]nc2cc(NC3CCNCC3)ccc12.O=[N+]([O-])c1ccc2c(I)[nH]nc2c1. The molecule has 3 heterocycles.